The number of aryl methyl sites for hydroxylation is 1. The lowest BCUT2D eigenvalue weighted by atomic mass is 10.1. The van der Waals surface area contributed by atoms with Crippen LogP contribution in [0.1, 0.15) is 11.1 Å². The van der Waals surface area contributed by atoms with Crippen LogP contribution in [0.25, 0.3) is 0 Å². The second-order valence-corrected chi connectivity index (χ2v) is 9.19. The number of amides is 2. The van der Waals surface area contributed by atoms with E-state index in [0.717, 1.165) is 11.1 Å². The number of halogens is 1. The number of carbonyl (C=O) groups excluding carboxylic acids is 2. The molecular formula is C26H20ClN3O2S. The minimum Gasteiger partial charge on any atom is -0.321 e. The highest BCUT2D eigenvalue weighted by Crippen LogP contribution is 2.42. The van der Waals surface area contributed by atoms with Gasteiger partial charge in [-0.15, -0.1) is 0 Å². The fourth-order valence-corrected chi connectivity index (χ4v) is 4.91. The molecular weight excluding hydrogens is 454 g/mol. The summed E-state index contributed by atoms with van der Waals surface area (Å²) in [6.45, 7) is 1.95. The number of hydrogen-bond donors (Lipinski definition) is 1. The monoisotopic (exact) mass is 473 g/mol. The van der Waals surface area contributed by atoms with Crippen LogP contribution in [0.3, 0.4) is 0 Å². The molecule has 164 valence electrons. The highest BCUT2D eigenvalue weighted by Gasteiger charge is 2.40. The van der Waals surface area contributed by atoms with Crippen molar-refractivity contribution < 1.29 is 9.59 Å². The molecule has 3 aromatic rings. The van der Waals surface area contributed by atoms with E-state index in [9.17, 15) is 14.9 Å². The second-order valence-electron chi connectivity index (χ2n) is 7.56. The normalized spacial score (nSPS) is 16.9. The number of anilines is 2. The summed E-state index contributed by atoms with van der Waals surface area (Å²) >= 11 is 7.27. The van der Waals surface area contributed by atoms with Crippen molar-refractivity contribution in [2.45, 2.75) is 18.6 Å². The molecule has 0 aliphatic carbocycles. The van der Waals surface area contributed by atoms with Crippen molar-refractivity contribution in [3.8, 4) is 6.07 Å². The third kappa shape index (κ3) is 5.11. The van der Waals surface area contributed by atoms with Gasteiger partial charge in [0.25, 0.3) is 5.91 Å². The van der Waals surface area contributed by atoms with E-state index in [0.29, 0.717) is 27.8 Å². The van der Waals surface area contributed by atoms with Crippen LogP contribution < -0.4 is 10.2 Å². The summed E-state index contributed by atoms with van der Waals surface area (Å²) < 4.78 is 0. The van der Waals surface area contributed by atoms with Crippen LogP contribution in [0.5, 0.6) is 0 Å². The van der Waals surface area contributed by atoms with Crippen LogP contribution in [0.4, 0.5) is 11.4 Å². The van der Waals surface area contributed by atoms with Gasteiger partial charge in [0, 0.05) is 16.4 Å². The van der Waals surface area contributed by atoms with Crippen LogP contribution >= 0.6 is 23.4 Å². The van der Waals surface area contributed by atoms with Gasteiger partial charge in [-0.05, 0) is 55.3 Å². The van der Waals surface area contributed by atoms with E-state index in [1.54, 1.807) is 36.4 Å². The highest BCUT2D eigenvalue weighted by atomic mass is 35.5. The van der Waals surface area contributed by atoms with Crippen LogP contribution in [-0.2, 0) is 16.0 Å². The fraction of sp³-hybridized carbons (Fsp3) is 0.115. The molecule has 3 aromatic carbocycles. The van der Waals surface area contributed by atoms with E-state index in [1.807, 2.05) is 55.5 Å². The molecule has 0 bridgehead atoms. The first-order valence-corrected chi connectivity index (χ1v) is 11.5. The Morgan fingerprint density at radius 1 is 1.06 bits per heavy atom. The molecule has 33 heavy (non-hydrogen) atoms. The lowest BCUT2D eigenvalue weighted by Gasteiger charge is -2.19. The Kier molecular flexibility index (Phi) is 6.83. The number of nitriles is 1. The third-order valence-corrected chi connectivity index (χ3v) is 6.68. The summed E-state index contributed by atoms with van der Waals surface area (Å²) in [5, 5.41) is 13.1. The van der Waals surface area contributed by atoms with Crippen LogP contribution in [0, 0.1) is 18.3 Å². The Bertz CT molecular complexity index is 1250. The highest BCUT2D eigenvalue weighted by molar-refractivity contribution is 8.05. The van der Waals surface area contributed by atoms with E-state index in [2.05, 4.69) is 5.32 Å². The summed E-state index contributed by atoms with van der Waals surface area (Å²) in [5.41, 5.74) is 3.08. The number of nitrogens with zero attached hydrogens (tertiary/aromatic N) is 2. The summed E-state index contributed by atoms with van der Waals surface area (Å²) in [4.78, 5) is 27.9. The molecule has 1 heterocycles. The average Bonchev–Trinajstić information content (AvgIpc) is 3.12. The molecule has 0 saturated carbocycles. The Hall–Kier alpha value is -3.53. The van der Waals surface area contributed by atoms with Crippen LogP contribution in [0.15, 0.2) is 89.5 Å². The molecule has 1 aliphatic heterocycles. The Morgan fingerprint density at radius 2 is 1.73 bits per heavy atom. The SMILES string of the molecule is Cc1ccc(NC(=O)/C(C#N)=C2\S[C@@H](Cc3ccccc3)C(=O)N2c2ccc(Cl)cc2)cc1. The van der Waals surface area contributed by atoms with Crippen molar-refractivity contribution >= 4 is 46.6 Å². The summed E-state index contributed by atoms with van der Waals surface area (Å²) in [7, 11) is 0. The Balaban J connectivity index is 1.72. The lowest BCUT2D eigenvalue weighted by molar-refractivity contribution is -0.117. The van der Waals surface area contributed by atoms with Crippen molar-refractivity contribution in [1.82, 2.24) is 0 Å². The van der Waals surface area contributed by atoms with Gasteiger partial charge in [-0.1, -0.05) is 71.4 Å². The van der Waals surface area contributed by atoms with E-state index >= 15 is 0 Å². The van der Waals surface area contributed by atoms with Crippen LogP contribution in [-0.4, -0.2) is 17.1 Å². The maximum Gasteiger partial charge on any atom is 0.269 e. The van der Waals surface area contributed by atoms with Crippen molar-refractivity contribution in [3.63, 3.8) is 0 Å². The van der Waals surface area contributed by atoms with Gasteiger partial charge in [0.2, 0.25) is 5.91 Å². The summed E-state index contributed by atoms with van der Waals surface area (Å²) in [5.74, 6) is -0.743. The Morgan fingerprint density at radius 3 is 2.36 bits per heavy atom. The number of benzene rings is 3. The number of thioether (sulfide) groups is 1. The maximum atomic E-state index is 13.4. The average molecular weight is 474 g/mol. The topological polar surface area (TPSA) is 73.2 Å². The van der Waals surface area contributed by atoms with Gasteiger partial charge in [-0.3, -0.25) is 14.5 Å². The van der Waals surface area contributed by atoms with Gasteiger partial charge in [0.05, 0.1) is 5.25 Å². The minimum atomic E-state index is -0.559. The first-order valence-electron chi connectivity index (χ1n) is 10.3. The molecule has 1 N–H and O–H groups in total. The van der Waals surface area contributed by atoms with E-state index in [4.69, 9.17) is 11.6 Å². The Labute approximate surface area is 201 Å². The summed E-state index contributed by atoms with van der Waals surface area (Å²) in [6, 6.07) is 25.7. The fourth-order valence-electron chi connectivity index (χ4n) is 3.47. The smallest absolute Gasteiger partial charge is 0.269 e. The van der Waals surface area contributed by atoms with Gasteiger partial charge in [0.15, 0.2) is 0 Å². The van der Waals surface area contributed by atoms with E-state index in [-0.39, 0.29) is 11.5 Å². The largest absolute Gasteiger partial charge is 0.321 e. The number of carbonyl (C=O) groups is 2. The van der Waals surface area contributed by atoms with E-state index < -0.39 is 11.2 Å². The predicted molar refractivity (Wildman–Crippen MR) is 133 cm³/mol. The van der Waals surface area contributed by atoms with Crippen molar-refractivity contribution in [1.29, 1.82) is 5.26 Å². The zero-order chi connectivity index (χ0) is 23.4. The zero-order valence-corrected chi connectivity index (χ0v) is 19.4. The standard InChI is InChI=1S/C26H20ClN3O2S/c1-17-7-11-20(12-8-17)29-24(31)22(16-28)26-30(21-13-9-19(27)10-14-21)25(32)23(33-26)15-18-5-3-2-4-6-18/h2-14,23H,15H2,1H3,(H,29,31)/b26-22-/t23-/m0/s1. The molecule has 7 heteroatoms. The van der Waals surface area contributed by atoms with Crippen molar-refractivity contribution in [3.05, 3.63) is 106 Å². The summed E-state index contributed by atoms with van der Waals surface area (Å²) in [6.07, 6.45) is 0.482. The molecule has 5 nitrogen and oxygen atoms in total. The molecule has 1 saturated heterocycles. The van der Waals surface area contributed by atoms with Gasteiger partial charge in [0.1, 0.15) is 16.7 Å². The number of rotatable bonds is 5. The number of nitrogens with one attached hydrogen (secondary N) is 1. The molecule has 0 radical (unpaired) electrons. The minimum absolute atomic E-state index is 0.112. The first kappa shape index (κ1) is 22.7. The van der Waals surface area contributed by atoms with Gasteiger partial charge >= 0.3 is 0 Å². The molecule has 1 aliphatic rings. The van der Waals surface area contributed by atoms with Crippen molar-refractivity contribution in [2.75, 3.05) is 10.2 Å². The second kappa shape index (κ2) is 9.95. The van der Waals surface area contributed by atoms with Gasteiger partial charge < -0.3 is 5.32 Å². The first-order chi connectivity index (χ1) is 16.0. The lowest BCUT2D eigenvalue weighted by Crippen LogP contribution is -2.30. The predicted octanol–water partition coefficient (Wildman–Crippen LogP) is 5.71. The molecule has 1 fully saturated rings. The maximum absolute atomic E-state index is 13.4. The van der Waals surface area contributed by atoms with Crippen molar-refractivity contribution in [2.24, 2.45) is 0 Å². The van der Waals surface area contributed by atoms with E-state index in [1.165, 1.54) is 16.7 Å². The molecule has 4 rings (SSSR count). The number of hydrogen-bond acceptors (Lipinski definition) is 4. The molecule has 2 amide bonds. The van der Waals surface area contributed by atoms with Crippen LogP contribution in [0.2, 0.25) is 5.02 Å². The van der Waals surface area contributed by atoms with Gasteiger partial charge in [-0.2, -0.15) is 5.26 Å². The molecule has 0 spiro atoms. The molecule has 0 aromatic heterocycles. The molecule has 1 atom stereocenters. The van der Waals surface area contributed by atoms with Gasteiger partial charge in [-0.25, -0.2) is 0 Å². The molecule has 0 unspecified atom stereocenters. The third-order valence-electron chi connectivity index (χ3n) is 5.16. The zero-order valence-electron chi connectivity index (χ0n) is 17.8. The quantitative estimate of drug-likeness (QED) is 0.380.